The molecule has 3 rings (SSSR count). The number of rotatable bonds is 10. The van der Waals surface area contributed by atoms with Gasteiger partial charge in [-0.05, 0) is 30.5 Å². The topological polar surface area (TPSA) is 91.8 Å². The molecule has 1 aliphatic carbocycles. The minimum absolute atomic E-state index is 0.0492. The Balaban J connectivity index is 1.54. The Hall–Kier alpha value is -2.17. The highest BCUT2D eigenvalue weighted by Crippen LogP contribution is 2.29. The molecule has 0 radical (unpaired) electrons. The Kier molecular flexibility index (Phi) is 9.11. The van der Waals surface area contributed by atoms with Crippen LogP contribution in [0.2, 0.25) is 0 Å². The highest BCUT2D eigenvalue weighted by molar-refractivity contribution is 8.01. The second-order valence-electron chi connectivity index (χ2n) is 7.26. The first-order chi connectivity index (χ1) is 15.0. The molecule has 0 aliphatic heterocycles. The van der Waals surface area contributed by atoms with E-state index in [-0.39, 0.29) is 30.2 Å². The number of nitrogens with one attached hydrogen (secondary N) is 1. The van der Waals surface area contributed by atoms with E-state index in [1.165, 1.54) is 41.7 Å². The smallest absolute Gasteiger partial charge is 0.323 e. The van der Waals surface area contributed by atoms with Crippen LogP contribution in [-0.4, -0.2) is 51.9 Å². The van der Waals surface area contributed by atoms with E-state index in [9.17, 15) is 14.0 Å². The third kappa shape index (κ3) is 7.79. The predicted octanol–water partition coefficient (Wildman–Crippen LogP) is 4.84. The van der Waals surface area contributed by atoms with E-state index < -0.39 is 5.97 Å². The first-order valence-corrected chi connectivity index (χ1v) is 12.0. The zero-order valence-corrected chi connectivity index (χ0v) is 18.7. The summed E-state index contributed by atoms with van der Waals surface area (Å²) in [4.78, 5) is 29.7. The average Bonchev–Trinajstić information content (AvgIpc) is 3.20. The monoisotopic (exact) mass is 467 g/mol. The summed E-state index contributed by atoms with van der Waals surface area (Å²) in [5.74, 6) is -1.24. The molecule has 7 nitrogen and oxygen atoms in total. The van der Waals surface area contributed by atoms with E-state index >= 15 is 0 Å². The maximum absolute atomic E-state index is 13.3. The summed E-state index contributed by atoms with van der Waals surface area (Å²) in [7, 11) is 0. The molecule has 1 aliphatic rings. The molecule has 2 N–H and O–H groups in total. The number of nitrogens with zero attached hydrogens (tertiary/aromatic N) is 2. The molecule has 1 aromatic heterocycles. The van der Waals surface area contributed by atoms with E-state index in [4.69, 9.17) is 9.84 Å². The summed E-state index contributed by atoms with van der Waals surface area (Å²) in [5.41, 5.74) is 0.753. The zero-order valence-electron chi connectivity index (χ0n) is 17.1. The fourth-order valence-electron chi connectivity index (χ4n) is 3.50. The molecule has 0 unspecified atom stereocenters. The fraction of sp³-hybridized carbons (Fsp3) is 0.476. The fourth-order valence-corrected chi connectivity index (χ4v) is 5.08. The van der Waals surface area contributed by atoms with Crippen LogP contribution in [0.5, 0.6) is 0 Å². The van der Waals surface area contributed by atoms with Crippen LogP contribution in [-0.2, 0) is 16.1 Å². The lowest BCUT2D eigenvalue weighted by Gasteiger charge is -2.34. The van der Waals surface area contributed by atoms with Crippen LogP contribution in [0.1, 0.15) is 37.7 Å². The number of aliphatic carboxylic acids is 1. The van der Waals surface area contributed by atoms with Gasteiger partial charge in [0.15, 0.2) is 5.13 Å². The number of thiazole rings is 1. The first kappa shape index (κ1) is 23.5. The van der Waals surface area contributed by atoms with Gasteiger partial charge in [0, 0.05) is 12.6 Å². The van der Waals surface area contributed by atoms with Crippen LogP contribution in [0.4, 0.5) is 14.3 Å². The third-order valence-corrected chi connectivity index (χ3v) is 7.04. The van der Waals surface area contributed by atoms with Crippen molar-refractivity contribution in [2.24, 2.45) is 0 Å². The minimum atomic E-state index is -0.897. The number of urea groups is 1. The number of carboxylic acids is 1. The van der Waals surface area contributed by atoms with Crippen molar-refractivity contribution in [3.63, 3.8) is 0 Å². The lowest BCUT2D eigenvalue weighted by Crippen LogP contribution is -2.45. The molecule has 0 bridgehead atoms. The van der Waals surface area contributed by atoms with Crippen molar-refractivity contribution in [1.82, 2.24) is 9.88 Å². The standard InChI is InChI=1S/C21H26FN3O4S2/c22-16-6-4-5-15(11-16)13-29-10-9-25(17-7-2-1-3-8-17)21(28)24-20-23-12-19(31-20)30-14-18(26)27/h4-6,11-12,17H,1-3,7-10,13-14H2,(H,26,27)(H,23,24,28). The lowest BCUT2D eigenvalue weighted by atomic mass is 9.94. The summed E-state index contributed by atoms with van der Waals surface area (Å²) in [6.45, 7) is 1.06. The molecule has 1 fully saturated rings. The number of aromatic nitrogens is 1. The average molecular weight is 468 g/mol. The second-order valence-corrected chi connectivity index (χ2v) is 9.57. The number of benzene rings is 1. The van der Waals surface area contributed by atoms with Gasteiger partial charge in [0.2, 0.25) is 0 Å². The van der Waals surface area contributed by atoms with Gasteiger partial charge in [0.1, 0.15) is 5.82 Å². The van der Waals surface area contributed by atoms with Crippen LogP contribution < -0.4 is 5.32 Å². The molecule has 0 saturated heterocycles. The summed E-state index contributed by atoms with van der Waals surface area (Å²) in [5, 5.41) is 12.1. The second kappa shape index (κ2) is 12.0. The van der Waals surface area contributed by atoms with Crippen molar-refractivity contribution < 1.29 is 23.8 Å². The van der Waals surface area contributed by atoms with Gasteiger partial charge in [0.05, 0.1) is 29.4 Å². The SMILES string of the molecule is O=C(O)CSc1cnc(NC(=O)N(CCOCc2cccc(F)c2)C2CCCCC2)s1. The molecular weight excluding hydrogens is 441 g/mol. The molecule has 10 heteroatoms. The van der Waals surface area contributed by atoms with E-state index in [0.717, 1.165) is 35.5 Å². The van der Waals surface area contributed by atoms with Gasteiger partial charge in [0.25, 0.3) is 0 Å². The number of hydrogen-bond donors (Lipinski definition) is 2. The van der Waals surface area contributed by atoms with Crippen molar-refractivity contribution in [2.75, 3.05) is 24.2 Å². The summed E-state index contributed by atoms with van der Waals surface area (Å²) >= 11 is 2.43. The molecule has 31 heavy (non-hydrogen) atoms. The Labute approximate surface area is 189 Å². The van der Waals surface area contributed by atoms with E-state index in [0.29, 0.717) is 18.3 Å². The number of thioether (sulfide) groups is 1. The Bertz CT molecular complexity index is 874. The number of amides is 2. The summed E-state index contributed by atoms with van der Waals surface area (Å²) < 4.78 is 19.7. The quantitative estimate of drug-likeness (QED) is 0.384. The first-order valence-electron chi connectivity index (χ1n) is 10.2. The number of anilines is 1. The number of ether oxygens (including phenoxy) is 1. The van der Waals surface area contributed by atoms with Crippen molar-refractivity contribution >= 4 is 40.2 Å². The molecular formula is C21H26FN3O4S2. The molecule has 2 amide bonds. The Morgan fingerprint density at radius 1 is 1.32 bits per heavy atom. The van der Waals surface area contributed by atoms with Crippen LogP contribution in [0.15, 0.2) is 34.7 Å². The van der Waals surface area contributed by atoms with E-state index in [1.54, 1.807) is 23.2 Å². The molecule has 1 heterocycles. The van der Waals surface area contributed by atoms with Gasteiger partial charge >= 0.3 is 12.0 Å². The highest BCUT2D eigenvalue weighted by Gasteiger charge is 2.26. The van der Waals surface area contributed by atoms with Crippen LogP contribution in [0, 0.1) is 5.82 Å². The highest BCUT2D eigenvalue weighted by atomic mass is 32.2. The van der Waals surface area contributed by atoms with E-state index in [2.05, 4.69) is 10.3 Å². The Morgan fingerprint density at radius 2 is 2.13 bits per heavy atom. The van der Waals surface area contributed by atoms with Crippen LogP contribution in [0.25, 0.3) is 0 Å². The molecule has 0 atom stereocenters. The third-order valence-electron chi connectivity index (χ3n) is 4.95. The van der Waals surface area contributed by atoms with Crippen LogP contribution >= 0.6 is 23.1 Å². The maximum atomic E-state index is 13.3. The molecule has 2 aromatic rings. The maximum Gasteiger partial charge on any atom is 0.323 e. The number of carbonyl (C=O) groups is 2. The summed E-state index contributed by atoms with van der Waals surface area (Å²) in [6.07, 6.45) is 6.83. The van der Waals surface area contributed by atoms with Gasteiger partial charge < -0.3 is 14.7 Å². The van der Waals surface area contributed by atoms with Gasteiger partial charge in [-0.2, -0.15) is 0 Å². The van der Waals surface area contributed by atoms with Gasteiger partial charge in [-0.15, -0.1) is 11.8 Å². The van der Waals surface area contributed by atoms with Gasteiger partial charge in [-0.1, -0.05) is 42.7 Å². The zero-order chi connectivity index (χ0) is 22.1. The minimum Gasteiger partial charge on any atom is -0.481 e. The number of halogens is 1. The molecule has 1 saturated carbocycles. The van der Waals surface area contributed by atoms with Crippen molar-refractivity contribution in [2.45, 2.75) is 49.0 Å². The predicted molar refractivity (Wildman–Crippen MR) is 119 cm³/mol. The van der Waals surface area contributed by atoms with Gasteiger partial charge in [-0.3, -0.25) is 10.1 Å². The largest absolute Gasteiger partial charge is 0.481 e. The Morgan fingerprint density at radius 3 is 2.87 bits per heavy atom. The van der Waals surface area contributed by atoms with Gasteiger partial charge in [-0.25, -0.2) is 14.2 Å². The number of hydrogen-bond acceptors (Lipinski definition) is 6. The number of carboxylic acid groups (broad SMARTS) is 1. The van der Waals surface area contributed by atoms with Crippen LogP contribution in [0.3, 0.4) is 0 Å². The van der Waals surface area contributed by atoms with E-state index in [1.807, 2.05) is 0 Å². The van der Waals surface area contributed by atoms with Crippen molar-refractivity contribution in [3.05, 3.63) is 41.8 Å². The van der Waals surface area contributed by atoms with Crippen molar-refractivity contribution in [1.29, 1.82) is 0 Å². The number of carbonyl (C=O) groups excluding carboxylic acids is 1. The van der Waals surface area contributed by atoms with Crippen molar-refractivity contribution in [3.8, 4) is 0 Å². The molecule has 0 spiro atoms. The summed E-state index contributed by atoms with van der Waals surface area (Å²) in [6, 6.07) is 6.19. The molecule has 168 valence electrons. The normalized spacial score (nSPS) is 14.4. The molecule has 1 aromatic carbocycles. The lowest BCUT2D eigenvalue weighted by molar-refractivity contribution is -0.133.